The Morgan fingerprint density at radius 1 is 1.07 bits per heavy atom. The number of hydrogen-bond donors (Lipinski definition) is 1. The van der Waals surface area contributed by atoms with Crippen LogP contribution in [-0.2, 0) is 5.54 Å². The van der Waals surface area contributed by atoms with E-state index in [1.54, 1.807) is 0 Å². The lowest BCUT2D eigenvalue weighted by Crippen LogP contribution is -2.31. The first kappa shape index (κ1) is 12.2. The van der Waals surface area contributed by atoms with Crippen molar-refractivity contribution < 1.29 is 0 Å². The fraction of sp³-hybridized carbons (Fsp3) is 0.692. The maximum atomic E-state index is 3.54. The number of aromatic nitrogens is 1. The molecule has 0 bridgehead atoms. The molecule has 0 radical (unpaired) electrons. The van der Waals surface area contributed by atoms with Crippen LogP contribution in [0.15, 0.2) is 12.3 Å². The van der Waals surface area contributed by atoms with Crippen molar-refractivity contribution in [1.82, 2.24) is 4.57 Å². The first-order valence-corrected chi connectivity index (χ1v) is 5.57. The van der Waals surface area contributed by atoms with Gasteiger partial charge in [0.15, 0.2) is 0 Å². The number of rotatable bonds is 1. The molecule has 86 valence electrons. The standard InChI is InChI=1S/C13H24N2/c1-10-8-11(14-12(2,3)4)15(9-10)13(5,6)7/h8-9,14H,1-7H3. The molecule has 0 saturated heterocycles. The van der Waals surface area contributed by atoms with Gasteiger partial charge < -0.3 is 9.88 Å². The number of nitrogens with zero attached hydrogens (tertiary/aromatic N) is 1. The molecular weight excluding hydrogens is 184 g/mol. The molecule has 0 aliphatic carbocycles. The third-order valence-electron chi connectivity index (χ3n) is 2.18. The minimum atomic E-state index is 0.105. The van der Waals surface area contributed by atoms with Crippen LogP contribution in [0.5, 0.6) is 0 Å². The predicted octanol–water partition coefficient (Wildman–Crippen LogP) is 3.76. The molecule has 0 atom stereocenters. The van der Waals surface area contributed by atoms with Crippen LogP contribution < -0.4 is 5.32 Å². The third kappa shape index (κ3) is 3.29. The average molecular weight is 208 g/mol. The maximum Gasteiger partial charge on any atom is 0.107 e. The lowest BCUT2D eigenvalue weighted by atomic mass is 10.1. The molecule has 0 fully saturated rings. The minimum absolute atomic E-state index is 0.105. The highest BCUT2D eigenvalue weighted by molar-refractivity contribution is 5.43. The van der Waals surface area contributed by atoms with Crippen molar-refractivity contribution in [3.63, 3.8) is 0 Å². The lowest BCUT2D eigenvalue weighted by Gasteiger charge is -2.29. The molecule has 1 aromatic heterocycles. The molecule has 1 heterocycles. The Labute approximate surface area is 93.7 Å². The van der Waals surface area contributed by atoms with Crippen molar-refractivity contribution in [1.29, 1.82) is 0 Å². The molecule has 0 unspecified atom stereocenters. The molecule has 0 saturated carbocycles. The quantitative estimate of drug-likeness (QED) is 0.743. The van der Waals surface area contributed by atoms with E-state index in [0.717, 1.165) is 0 Å². The van der Waals surface area contributed by atoms with Gasteiger partial charge in [-0.1, -0.05) is 0 Å². The molecule has 2 heteroatoms. The Kier molecular flexibility index (Phi) is 2.90. The highest BCUT2D eigenvalue weighted by Crippen LogP contribution is 2.25. The van der Waals surface area contributed by atoms with Crippen molar-refractivity contribution in [3.05, 3.63) is 17.8 Å². The number of hydrogen-bond acceptors (Lipinski definition) is 1. The van der Waals surface area contributed by atoms with Crippen LogP contribution in [0.3, 0.4) is 0 Å². The van der Waals surface area contributed by atoms with Crippen molar-refractivity contribution in [2.75, 3.05) is 5.32 Å². The maximum absolute atomic E-state index is 3.54. The molecule has 1 aromatic rings. The van der Waals surface area contributed by atoms with Crippen molar-refractivity contribution in [3.8, 4) is 0 Å². The van der Waals surface area contributed by atoms with Crippen LogP contribution in [0.2, 0.25) is 0 Å². The first-order valence-electron chi connectivity index (χ1n) is 5.57. The van der Waals surface area contributed by atoms with Crippen LogP contribution in [-0.4, -0.2) is 10.1 Å². The highest BCUT2D eigenvalue weighted by Gasteiger charge is 2.19. The first-order chi connectivity index (χ1) is 6.59. The number of nitrogens with one attached hydrogen (secondary N) is 1. The van der Waals surface area contributed by atoms with E-state index in [2.05, 4.69) is 70.6 Å². The van der Waals surface area contributed by atoms with E-state index in [0.29, 0.717) is 0 Å². The smallest absolute Gasteiger partial charge is 0.107 e. The summed E-state index contributed by atoms with van der Waals surface area (Å²) < 4.78 is 2.30. The summed E-state index contributed by atoms with van der Waals surface area (Å²) in [6.07, 6.45) is 2.20. The van der Waals surface area contributed by atoms with Gasteiger partial charge in [0, 0.05) is 17.3 Å². The Hall–Kier alpha value is -0.920. The van der Waals surface area contributed by atoms with E-state index in [1.165, 1.54) is 11.4 Å². The van der Waals surface area contributed by atoms with Gasteiger partial charge in [-0.2, -0.15) is 0 Å². The zero-order valence-electron chi connectivity index (χ0n) is 11.1. The molecule has 1 rings (SSSR count). The Morgan fingerprint density at radius 2 is 1.60 bits per heavy atom. The Bertz CT molecular complexity index is 334. The van der Waals surface area contributed by atoms with E-state index < -0.39 is 0 Å². The van der Waals surface area contributed by atoms with Gasteiger partial charge in [-0.05, 0) is 60.1 Å². The van der Waals surface area contributed by atoms with E-state index in [1.807, 2.05) is 0 Å². The minimum Gasteiger partial charge on any atom is -0.367 e. The third-order valence-corrected chi connectivity index (χ3v) is 2.18. The monoisotopic (exact) mass is 208 g/mol. The van der Waals surface area contributed by atoms with E-state index in [4.69, 9.17) is 0 Å². The zero-order chi connectivity index (χ0) is 11.9. The fourth-order valence-electron chi connectivity index (χ4n) is 1.63. The van der Waals surface area contributed by atoms with Crippen LogP contribution in [0.25, 0.3) is 0 Å². The highest BCUT2D eigenvalue weighted by atomic mass is 15.2. The van der Waals surface area contributed by atoms with Crippen LogP contribution in [0, 0.1) is 6.92 Å². The van der Waals surface area contributed by atoms with E-state index in [-0.39, 0.29) is 11.1 Å². The van der Waals surface area contributed by atoms with Gasteiger partial charge in [-0.3, -0.25) is 0 Å². The summed E-state index contributed by atoms with van der Waals surface area (Å²) >= 11 is 0. The Balaban J connectivity index is 3.08. The Morgan fingerprint density at radius 3 is 2.00 bits per heavy atom. The van der Waals surface area contributed by atoms with Gasteiger partial charge in [0.1, 0.15) is 5.82 Å². The van der Waals surface area contributed by atoms with Gasteiger partial charge in [-0.15, -0.1) is 0 Å². The lowest BCUT2D eigenvalue weighted by molar-refractivity contribution is 0.399. The largest absolute Gasteiger partial charge is 0.367 e. The average Bonchev–Trinajstić information content (AvgIpc) is 2.25. The zero-order valence-corrected chi connectivity index (χ0v) is 11.1. The summed E-state index contributed by atoms with van der Waals surface area (Å²) in [6.45, 7) is 15.4. The SMILES string of the molecule is Cc1cc(NC(C)(C)C)n(C(C)(C)C)c1. The molecule has 0 amide bonds. The number of anilines is 1. The second-order valence-electron chi connectivity index (χ2n) is 6.32. The van der Waals surface area contributed by atoms with E-state index >= 15 is 0 Å². The normalized spacial score (nSPS) is 13.0. The van der Waals surface area contributed by atoms with Crippen molar-refractivity contribution in [2.24, 2.45) is 0 Å². The summed E-state index contributed by atoms with van der Waals surface area (Å²) in [6, 6.07) is 2.20. The summed E-state index contributed by atoms with van der Waals surface area (Å²) in [5.74, 6) is 1.20. The van der Waals surface area contributed by atoms with E-state index in [9.17, 15) is 0 Å². The topological polar surface area (TPSA) is 17.0 Å². The second-order valence-corrected chi connectivity index (χ2v) is 6.32. The molecule has 0 aromatic carbocycles. The molecular formula is C13H24N2. The second kappa shape index (κ2) is 3.58. The molecule has 1 N–H and O–H groups in total. The van der Waals surface area contributed by atoms with Crippen molar-refractivity contribution in [2.45, 2.75) is 59.5 Å². The summed E-state index contributed by atoms with van der Waals surface area (Å²) in [5, 5.41) is 3.54. The summed E-state index contributed by atoms with van der Waals surface area (Å²) in [4.78, 5) is 0. The van der Waals surface area contributed by atoms with Crippen LogP contribution in [0.1, 0.15) is 47.1 Å². The van der Waals surface area contributed by atoms with Gasteiger partial charge in [-0.25, -0.2) is 0 Å². The molecule has 2 nitrogen and oxygen atoms in total. The molecule has 0 aliphatic heterocycles. The molecule has 0 spiro atoms. The van der Waals surface area contributed by atoms with Crippen LogP contribution in [0.4, 0.5) is 5.82 Å². The summed E-state index contributed by atoms with van der Waals surface area (Å²) in [7, 11) is 0. The predicted molar refractivity (Wildman–Crippen MR) is 67.5 cm³/mol. The van der Waals surface area contributed by atoms with Gasteiger partial charge >= 0.3 is 0 Å². The number of aryl methyl sites for hydroxylation is 1. The summed E-state index contributed by atoms with van der Waals surface area (Å²) in [5.41, 5.74) is 1.53. The molecule has 15 heavy (non-hydrogen) atoms. The molecule has 0 aliphatic rings. The van der Waals surface area contributed by atoms with Gasteiger partial charge in [0.2, 0.25) is 0 Å². The fourth-order valence-corrected chi connectivity index (χ4v) is 1.63. The van der Waals surface area contributed by atoms with Crippen molar-refractivity contribution >= 4 is 5.82 Å². The van der Waals surface area contributed by atoms with Gasteiger partial charge in [0.05, 0.1) is 0 Å². The van der Waals surface area contributed by atoms with Gasteiger partial charge in [0.25, 0.3) is 0 Å². The van der Waals surface area contributed by atoms with Crippen LogP contribution >= 0.6 is 0 Å².